The fourth-order valence-corrected chi connectivity index (χ4v) is 1.79. The van der Waals surface area contributed by atoms with Gasteiger partial charge in [0.2, 0.25) is 0 Å². The van der Waals surface area contributed by atoms with Gasteiger partial charge in [-0.2, -0.15) is 0 Å². The molecular weight excluding hydrogens is 220 g/mol. The third kappa shape index (κ3) is 2.14. The molecular formula is C12H14N2O3. The summed E-state index contributed by atoms with van der Waals surface area (Å²) in [5, 5.41) is 9.73. The van der Waals surface area contributed by atoms with Gasteiger partial charge in [-0.25, -0.2) is 4.79 Å². The van der Waals surface area contributed by atoms with E-state index in [1.165, 1.54) is 6.92 Å². The van der Waals surface area contributed by atoms with Crippen LogP contribution in [0, 0.1) is 6.92 Å². The summed E-state index contributed by atoms with van der Waals surface area (Å²) < 4.78 is 1.02. The van der Waals surface area contributed by atoms with Crippen LogP contribution in [0.5, 0.6) is 0 Å². The lowest BCUT2D eigenvalue weighted by atomic mass is 10.2. The number of H-pyrrole nitrogens is 1. The second-order valence-corrected chi connectivity index (χ2v) is 4.24. The highest BCUT2D eigenvalue weighted by molar-refractivity contribution is 5.77. The monoisotopic (exact) mass is 234 g/mol. The van der Waals surface area contributed by atoms with Crippen molar-refractivity contribution in [3.05, 3.63) is 44.6 Å². The molecule has 2 aromatic rings. The van der Waals surface area contributed by atoms with Crippen molar-refractivity contribution >= 4 is 10.9 Å². The van der Waals surface area contributed by atoms with Crippen molar-refractivity contribution in [3.63, 3.8) is 0 Å². The standard InChI is InChI=1S/C12H14N2O3/c1-7-3-4-10-9(5-7)11(16)14(6-8(2)15)12(17)13-10/h3-5,8,15H,6H2,1-2H3,(H,13,17). The summed E-state index contributed by atoms with van der Waals surface area (Å²) >= 11 is 0. The van der Waals surface area contributed by atoms with Crippen LogP contribution in [0.1, 0.15) is 12.5 Å². The first-order valence-corrected chi connectivity index (χ1v) is 5.40. The molecule has 5 heteroatoms. The van der Waals surface area contributed by atoms with Crippen LogP contribution in [-0.2, 0) is 6.54 Å². The second-order valence-electron chi connectivity index (χ2n) is 4.24. The van der Waals surface area contributed by atoms with E-state index in [4.69, 9.17) is 0 Å². The summed E-state index contributed by atoms with van der Waals surface area (Å²) in [6.07, 6.45) is -0.740. The van der Waals surface area contributed by atoms with Gasteiger partial charge in [-0.1, -0.05) is 11.6 Å². The van der Waals surface area contributed by atoms with Crippen LogP contribution in [0.15, 0.2) is 27.8 Å². The van der Waals surface area contributed by atoms with Crippen LogP contribution in [-0.4, -0.2) is 20.8 Å². The smallest absolute Gasteiger partial charge is 0.328 e. The average Bonchev–Trinajstić information content (AvgIpc) is 2.25. The third-order valence-electron chi connectivity index (χ3n) is 2.58. The molecule has 1 aromatic carbocycles. The van der Waals surface area contributed by atoms with E-state index >= 15 is 0 Å². The molecule has 0 aliphatic carbocycles. The van der Waals surface area contributed by atoms with Gasteiger partial charge in [-0.15, -0.1) is 0 Å². The number of aliphatic hydroxyl groups is 1. The van der Waals surface area contributed by atoms with Gasteiger partial charge in [0, 0.05) is 0 Å². The molecule has 0 aliphatic heterocycles. The van der Waals surface area contributed by atoms with Gasteiger partial charge in [0.1, 0.15) is 0 Å². The average molecular weight is 234 g/mol. The minimum atomic E-state index is -0.740. The van der Waals surface area contributed by atoms with Crippen LogP contribution in [0.25, 0.3) is 10.9 Å². The Morgan fingerprint density at radius 2 is 2.12 bits per heavy atom. The maximum Gasteiger partial charge on any atom is 0.328 e. The lowest BCUT2D eigenvalue weighted by molar-refractivity contribution is 0.170. The van der Waals surface area contributed by atoms with E-state index in [-0.39, 0.29) is 12.1 Å². The molecule has 0 spiro atoms. The maximum absolute atomic E-state index is 12.1. The number of aromatic nitrogens is 2. The number of rotatable bonds is 2. The zero-order chi connectivity index (χ0) is 12.6. The van der Waals surface area contributed by atoms with E-state index in [0.29, 0.717) is 10.9 Å². The number of nitrogens with one attached hydrogen (secondary N) is 1. The van der Waals surface area contributed by atoms with Crippen molar-refractivity contribution in [2.24, 2.45) is 0 Å². The number of benzene rings is 1. The Labute approximate surface area is 97.3 Å². The number of aromatic amines is 1. The van der Waals surface area contributed by atoms with E-state index in [1.54, 1.807) is 12.1 Å². The summed E-state index contributed by atoms with van der Waals surface area (Å²) in [6, 6.07) is 5.27. The molecule has 5 nitrogen and oxygen atoms in total. The summed E-state index contributed by atoms with van der Waals surface area (Å²) in [5.41, 5.74) is 0.610. The molecule has 17 heavy (non-hydrogen) atoms. The van der Waals surface area contributed by atoms with Crippen LogP contribution < -0.4 is 11.2 Å². The SMILES string of the molecule is Cc1ccc2[nH]c(=O)n(CC(C)O)c(=O)c2c1. The minimum absolute atomic E-state index is 0.00194. The van der Waals surface area contributed by atoms with Gasteiger partial charge in [-0.05, 0) is 26.0 Å². The molecule has 0 saturated carbocycles. The number of hydrogen-bond donors (Lipinski definition) is 2. The van der Waals surface area contributed by atoms with Gasteiger partial charge < -0.3 is 10.1 Å². The highest BCUT2D eigenvalue weighted by Gasteiger charge is 2.09. The number of aryl methyl sites for hydroxylation is 1. The topological polar surface area (TPSA) is 75.1 Å². The number of fused-ring (bicyclic) bond motifs is 1. The Kier molecular flexibility index (Phi) is 2.85. The van der Waals surface area contributed by atoms with Gasteiger partial charge in [0.15, 0.2) is 0 Å². The van der Waals surface area contributed by atoms with Crippen molar-refractivity contribution < 1.29 is 5.11 Å². The Balaban J connectivity index is 2.78. The Bertz CT molecular complexity index is 667. The largest absolute Gasteiger partial charge is 0.392 e. The summed E-state index contributed by atoms with van der Waals surface area (Å²) in [7, 11) is 0. The molecule has 1 atom stereocenters. The molecule has 0 bridgehead atoms. The minimum Gasteiger partial charge on any atom is -0.392 e. The Morgan fingerprint density at radius 3 is 2.76 bits per heavy atom. The number of hydrogen-bond acceptors (Lipinski definition) is 3. The molecule has 0 saturated heterocycles. The van der Waals surface area contributed by atoms with Crippen molar-refractivity contribution in [2.75, 3.05) is 0 Å². The summed E-state index contributed by atoms with van der Waals surface area (Å²) in [4.78, 5) is 26.4. The lowest BCUT2D eigenvalue weighted by Gasteiger charge is -2.08. The fourth-order valence-electron chi connectivity index (χ4n) is 1.79. The number of aliphatic hydroxyl groups excluding tert-OH is 1. The molecule has 1 aromatic heterocycles. The van der Waals surface area contributed by atoms with Crippen molar-refractivity contribution in [1.29, 1.82) is 0 Å². The fraction of sp³-hybridized carbons (Fsp3) is 0.333. The molecule has 90 valence electrons. The van der Waals surface area contributed by atoms with Crippen LogP contribution in [0.2, 0.25) is 0 Å². The first-order chi connectivity index (χ1) is 7.99. The van der Waals surface area contributed by atoms with Gasteiger partial charge in [0.25, 0.3) is 5.56 Å². The summed E-state index contributed by atoms with van der Waals surface area (Å²) in [6.45, 7) is 3.41. The molecule has 1 unspecified atom stereocenters. The van der Waals surface area contributed by atoms with E-state index < -0.39 is 11.8 Å². The van der Waals surface area contributed by atoms with Crippen LogP contribution in [0.4, 0.5) is 0 Å². The lowest BCUT2D eigenvalue weighted by Crippen LogP contribution is -2.37. The van der Waals surface area contributed by atoms with E-state index in [1.807, 2.05) is 13.0 Å². The molecule has 0 radical (unpaired) electrons. The van der Waals surface area contributed by atoms with E-state index in [0.717, 1.165) is 10.1 Å². The van der Waals surface area contributed by atoms with E-state index in [2.05, 4.69) is 4.98 Å². The maximum atomic E-state index is 12.1. The quantitative estimate of drug-likeness (QED) is 0.788. The first-order valence-electron chi connectivity index (χ1n) is 5.40. The van der Waals surface area contributed by atoms with Gasteiger partial charge in [0.05, 0.1) is 23.6 Å². The van der Waals surface area contributed by atoms with Gasteiger partial charge >= 0.3 is 5.69 Å². The molecule has 2 rings (SSSR count). The molecule has 2 N–H and O–H groups in total. The van der Waals surface area contributed by atoms with Crippen LogP contribution >= 0.6 is 0 Å². The Hall–Kier alpha value is -1.88. The zero-order valence-electron chi connectivity index (χ0n) is 9.73. The first kappa shape index (κ1) is 11.6. The Morgan fingerprint density at radius 1 is 1.41 bits per heavy atom. The molecule has 1 heterocycles. The van der Waals surface area contributed by atoms with Crippen LogP contribution in [0.3, 0.4) is 0 Å². The highest BCUT2D eigenvalue weighted by Crippen LogP contribution is 2.07. The van der Waals surface area contributed by atoms with Crippen molar-refractivity contribution in [2.45, 2.75) is 26.5 Å². The van der Waals surface area contributed by atoms with Gasteiger partial charge in [-0.3, -0.25) is 9.36 Å². The van der Waals surface area contributed by atoms with E-state index in [9.17, 15) is 14.7 Å². The van der Waals surface area contributed by atoms with Crippen molar-refractivity contribution in [3.8, 4) is 0 Å². The molecule has 0 aliphatic rings. The zero-order valence-corrected chi connectivity index (χ0v) is 9.73. The summed E-state index contributed by atoms with van der Waals surface area (Å²) in [5.74, 6) is 0. The predicted octanol–water partition coefficient (Wildman–Crippen LogP) is 0.379. The second kappa shape index (κ2) is 4.18. The highest BCUT2D eigenvalue weighted by atomic mass is 16.3. The third-order valence-corrected chi connectivity index (χ3v) is 2.58. The number of nitrogens with zero attached hydrogens (tertiary/aromatic N) is 1. The molecule has 0 amide bonds. The predicted molar refractivity (Wildman–Crippen MR) is 65.2 cm³/mol. The normalized spacial score (nSPS) is 12.9. The molecule has 0 fully saturated rings. The van der Waals surface area contributed by atoms with Crippen molar-refractivity contribution in [1.82, 2.24) is 9.55 Å².